The van der Waals surface area contributed by atoms with Gasteiger partial charge in [-0.1, -0.05) is 13.0 Å². The lowest BCUT2D eigenvalue weighted by Gasteiger charge is -2.50. The third kappa shape index (κ3) is 3.70. The molecule has 0 saturated heterocycles. The van der Waals surface area contributed by atoms with Crippen LogP contribution in [0, 0.1) is 28.6 Å². The number of aryl methyl sites for hydroxylation is 1. The van der Waals surface area contributed by atoms with Gasteiger partial charge in [0.2, 0.25) is 0 Å². The van der Waals surface area contributed by atoms with Gasteiger partial charge in [-0.3, -0.25) is 0 Å². The molecule has 0 radical (unpaired) electrons. The van der Waals surface area contributed by atoms with E-state index in [0.29, 0.717) is 17.8 Å². The number of rotatable bonds is 5. The van der Waals surface area contributed by atoms with Gasteiger partial charge in [0, 0.05) is 6.20 Å². The molecule has 3 aliphatic carbocycles. The van der Waals surface area contributed by atoms with Crippen LogP contribution in [0.25, 0.3) is 0 Å². The Labute approximate surface area is 184 Å². The SMILES string of the molecule is CCOC(=O)/C(C#N)=C\N[C@@H]1C[C@H]2[C@@H]3CCc4cc(OC)ccc4[C@H]3CC[C@]2(C)[C@H]1O. The smallest absolute Gasteiger partial charge is 0.350 e. The second-order valence-corrected chi connectivity index (χ2v) is 9.37. The molecule has 4 rings (SSSR count). The van der Waals surface area contributed by atoms with Gasteiger partial charge in [-0.05, 0) is 85.5 Å². The first-order valence-electron chi connectivity index (χ1n) is 11.3. The molecule has 1 aromatic carbocycles. The molecule has 166 valence electrons. The quantitative estimate of drug-likeness (QED) is 0.427. The monoisotopic (exact) mass is 424 g/mol. The predicted molar refractivity (Wildman–Crippen MR) is 116 cm³/mol. The van der Waals surface area contributed by atoms with Crippen LogP contribution >= 0.6 is 0 Å². The van der Waals surface area contributed by atoms with E-state index in [4.69, 9.17) is 9.47 Å². The molecule has 0 aromatic heterocycles. The van der Waals surface area contributed by atoms with E-state index in [1.807, 2.05) is 6.07 Å². The second kappa shape index (κ2) is 8.55. The van der Waals surface area contributed by atoms with Crippen molar-refractivity contribution in [3.63, 3.8) is 0 Å². The zero-order valence-corrected chi connectivity index (χ0v) is 18.6. The maximum Gasteiger partial charge on any atom is 0.350 e. The minimum atomic E-state index is -0.631. The van der Waals surface area contributed by atoms with E-state index in [0.717, 1.165) is 37.9 Å². The molecule has 6 heteroatoms. The minimum absolute atomic E-state index is 0.0625. The fourth-order valence-electron chi connectivity index (χ4n) is 6.40. The summed E-state index contributed by atoms with van der Waals surface area (Å²) in [6, 6.07) is 8.19. The molecule has 2 N–H and O–H groups in total. The number of aliphatic hydroxyl groups excluding tert-OH is 1. The number of aliphatic hydroxyl groups is 1. The van der Waals surface area contributed by atoms with Crippen LogP contribution in [0.5, 0.6) is 5.75 Å². The molecular weight excluding hydrogens is 392 g/mol. The number of nitrogens with zero attached hydrogens (tertiary/aromatic N) is 1. The first kappa shape index (κ1) is 21.7. The Kier molecular flexibility index (Phi) is 5.98. The maximum atomic E-state index is 11.9. The van der Waals surface area contributed by atoms with Crippen molar-refractivity contribution in [1.29, 1.82) is 5.26 Å². The summed E-state index contributed by atoms with van der Waals surface area (Å²) in [4.78, 5) is 11.9. The van der Waals surface area contributed by atoms with Gasteiger partial charge in [-0.2, -0.15) is 5.26 Å². The summed E-state index contributed by atoms with van der Waals surface area (Å²) >= 11 is 0. The van der Waals surface area contributed by atoms with Crippen LogP contribution in [0.4, 0.5) is 0 Å². The Morgan fingerprint density at radius 2 is 2.23 bits per heavy atom. The summed E-state index contributed by atoms with van der Waals surface area (Å²) in [5, 5.41) is 23.7. The Balaban J connectivity index is 1.54. The van der Waals surface area contributed by atoms with E-state index in [1.54, 1.807) is 14.0 Å². The summed E-state index contributed by atoms with van der Waals surface area (Å²) in [6.07, 6.45) is 5.94. The second-order valence-electron chi connectivity index (χ2n) is 9.37. The molecule has 2 fully saturated rings. The van der Waals surface area contributed by atoms with Crippen molar-refractivity contribution in [1.82, 2.24) is 5.32 Å². The van der Waals surface area contributed by atoms with E-state index in [-0.39, 0.29) is 23.6 Å². The highest BCUT2D eigenvalue weighted by Crippen LogP contribution is 2.61. The van der Waals surface area contributed by atoms with Crippen LogP contribution in [0.15, 0.2) is 30.0 Å². The van der Waals surface area contributed by atoms with Crippen molar-refractivity contribution in [2.24, 2.45) is 17.3 Å². The van der Waals surface area contributed by atoms with Gasteiger partial charge >= 0.3 is 5.97 Å². The molecule has 31 heavy (non-hydrogen) atoms. The van der Waals surface area contributed by atoms with Crippen LogP contribution in [-0.2, 0) is 16.0 Å². The zero-order valence-electron chi connectivity index (χ0n) is 18.6. The van der Waals surface area contributed by atoms with Crippen LogP contribution in [-0.4, -0.2) is 36.9 Å². The summed E-state index contributed by atoms with van der Waals surface area (Å²) in [6.45, 7) is 4.14. The van der Waals surface area contributed by atoms with E-state index in [1.165, 1.54) is 17.3 Å². The molecule has 0 amide bonds. The Bertz CT molecular complexity index is 921. The fraction of sp³-hybridized carbons (Fsp3) is 0.600. The summed E-state index contributed by atoms with van der Waals surface area (Å²) < 4.78 is 10.3. The summed E-state index contributed by atoms with van der Waals surface area (Å²) in [5.41, 5.74) is 2.62. The summed E-state index contributed by atoms with van der Waals surface area (Å²) in [5.74, 6) is 1.73. The topological polar surface area (TPSA) is 91.6 Å². The number of carbonyl (C=O) groups excluding carboxylic acids is 1. The fourth-order valence-corrected chi connectivity index (χ4v) is 6.40. The molecule has 0 heterocycles. The minimum Gasteiger partial charge on any atom is -0.497 e. The Morgan fingerprint density at radius 1 is 1.42 bits per heavy atom. The molecule has 0 unspecified atom stereocenters. The Morgan fingerprint density at radius 3 is 2.94 bits per heavy atom. The lowest BCUT2D eigenvalue weighted by atomic mass is 9.55. The van der Waals surface area contributed by atoms with Crippen molar-refractivity contribution < 1.29 is 19.4 Å². The number of esters is 1. The molecule has 0 spiro atoms. The first-order chi connectivity index (χ1) is 14.9. The molecule has 6 nitrogen and oxygen atoms in total. The molecular formula is C25H32N2O4. The number of nitrogens with one attached hydrogen (secondary N) is 1. The standard InChI is InChI=1S/C25H32N2O4/c1-4-31-24(29)16(13-26)14-27-22-12-21-20-7-5-15-11-17(30-3)6-8-18(15)19(20)9-10-25(21,2)23(22)28/h6,8,11,14,19-23,27-28H,4-5,7,9-10,12H2,1-3H3/b16-14-/t19-,20-,21+,22-,23+,25+/m1/s1. The van der Waals surface area contributed by atoms with Gasteiger partial charge in [0.1, 0.15) is 11.8 Å². The lowest BCUT2D eigenvalue weighted by molar-refractivity contribution is -0.138. The van der Waals surface area contributed by atoms with Crippen molar-refractivity contribution in [3.8, 4) is 11.8 Å². The zero-order chi connectivity index (χ0) is 22.2. The van der Waals surface area contributed by atoms with Gasteiger partial charge in [-0.15, -0.1) is 0 Å². The van der Waals surface area contributed by atoms with Gasteiger partial charge in [0.15, 0.2) is 5.57 Å². The average molecular weight is 425 g/mol. The highest BCUT2D eigenvalue weighted by atomic mass is 16.5. The molecule has 6 atom stereocenters. The Hall–Kier alpha value is -2.52. The van der Waals surface area contributed by atoms with Crippen LogP contribution in [0.1, 0.15) is 56.6 Å². The summed E-state index contributed by atoms with van der Waals surface area (Å²) in [7, 11) is 1.71. The highest BCUT2D eigenvalue weighted by molar-refractivity contribution is 5.92. The van der Waals surface area contributed by atoms with Crippen LogP contribution in [0.3, 0.4) is 0 Å². The molecule has 0 aliphatic heterocycles. The van der Waals surface area contributed by atoms with Gasteiger partial charge < -0.3 is 19.9 Å². The lowest BCUT2D eigenvalue weighted by Crippen LogP contribution is -2.46. The molecule has 1 aromatic rings. The van der Waals surface area contributed by atoms with Gasteiger partial charge in [0.05, 0.1) is 25.9 Å². The number of hydrogen-bond donors (Lipinski definition) is 2. The van der Waals surface area contributed by atoms with E-state index >= 15 is 0 Å². The van der Waals surface area contributed by atoms with Crippen LogP contribution in [0.2, 0.25) is 0 Å². The number of benzene rings is 1. The number of ether oxygens (including phenoxy) is 2. The van der Waals surface area contributed by atoms with Gasteiger partial charge in [-0.25, -0.2) is 4.79 Å². The van der Waals surface area contributed by atoms with Crippen molar-refractivity contribution in [2.45, 2.75) is 64.0 Å². The van der Waals surface area contributed by atoms with E-state index < -0.39 is 12.1 Å². The first-order valence-corrected chi connectivity index (χ1v) is 11.3. The normalized spacial score (nSPS) is 34.0. The number of carbonyl (C=O) groups is 1. The van der Waals surface area contributed by atoms with E-state index in [9.17, 15) is 15.2 Å². The molecule has 2 saturated carbocycles. The van der Waals surface area contributed by atoms with Gasteiger partial charge in [0.25, 0.3) is 0 Å². The average Bonchev–Trinajstić information content (AvgIpc) is 3.04. The highest BCUT2D eigenvalue weighted by Gasteiger charge is 2.57. The van der Waals surface area contributed by atoms with Crippen LogP contribution < -0.4 is 10.1 Å². The van der Waals surface area contributed by atoms with Crippen molar-refractivity contribution >= 4 is 5.97 Å². The van der Waals surface area contributed by atoms with E-state index in [2.05, 4.69) is 30.4 Å². The molecule has 0 bridgehead atoms. The van der Waals surface area contributed by atoms with Crippen molar-refractivity contribution in [2.75, 3.05) is 13.7 Å². The number of nitriles is 1. The largest absolute Gasteiger partial charge is 0.497 e. The number of methoxy groups -OCH3 is 1. The predicted octanol–water partition coefficient (Wildman–Crippen LogP) is 3.45. The number of fused-ring (bicyclic) bond motifs is 5. The third-order valence-electron chi connectivity index (χ3n) is 7.99. The number of hydrogen-bond acceptors (Lipinski definition) is 6. The maximum absolute atomic E-state index is 11.9. The molecule has 3 aliphatic rings. The third-order valence-corrected chi connectivity index (χ3v) is 7.99. The van der Waals surface area contributed by atoms with Crippen molar-refractivity contribution in [3.05, 3.63) is 41.1 Å².